The van der Waals surface area contributed by atoms with Crippen molar-refractivity contribution >= 4 is 13.8 Å². The van der Waals surface area contributed by atoms with Crippen LogP contribution in [0.25, 0.3) is 0 Å². The molecule has 0 aliphatic carbocycles. The Labute approximate surface area is 87.3 Å². The molecule has 0 unspecified atom stereocenters. The van der Waals surface area contributed by atoms with Crippen molar-refractivity contribution in [3.63, 3.8) is 0 Å². The zero-order valence-corrected chi connectivity index (χ0v) is 10.3. The van der Waals surface area contributed by atoms with Crippen molar-refractivity contribution in [2.45, 2.75) is 26.6 Å². The van der Waals surface area contributed by atoms with Crippen LogP contribution in [0.3, 0.4) is 0 Å². The summed E-state index contributed by atoms with van der Waals surface area (Å²) in [6.45, 7) is 8.71. The molecule has 0 saturated carbocycles. The van der Waals surface area contributed by atoms with Crippen LogP contribution in [-0.2, 0) is 0 Å². The van der Waals surface area contributed by atoms with Crippen molar-refractivity contribution < 1.29 is 0 Å². The van der Waals surface area contributed by atoms with Crippen LogP contribution in [0.15, 0.2) is 18.2 Å². The lowest BCUT2D eigenvalue weighted by atomic mass is 10.1. The quantitative estimate of drug-likeness (QED) is 0.392. The molecule has 2 heteroatoms. The molecule has 0 amide bonds. The molecule has 0 fully saturated rings. The van der Waals surface area contributed by atoms with Crippen molar-refractivity contribution in [1.29, 1.82) is 0 Å². The summed E-state index contributed by atoms with van der Waals surface area (Å²) in [5.74, 6) is 3.18. The number of hydrogen-bond donors (Lipinski definition) is 1. The van der Waals surface area contributed by atoms with Crippen LogP contribution in [0, 0.1) is 18.4 Å². The molecule has 1 rings (SSSR count). The summed E-state index contributed by atoms with van der Waals surface area (Å²) in [6.07, 6.45) is 0. The van der Waals surface area contributed by atoms with E-state index in [1.54, 1.807) is 0 Å². The second kappa shape index (κ2) is 3.89. The van der Waals surface area contributed by atoms with Gasteiger partial charge in [-0.3, -0.25) is 0 Å². The van der Waals surface area contributed by atoms with E-state index in [0.717, 1.165) is 16.8 Å². The molecule has 1 nitrogen and oxygen atoms in total. The zero-order chi connectivity index (χ0) is 10.8. The number of hydrogen-bond acceptors (Lipinski definition) is 1. The molecule has 74 valence electrons. The fourth-order valence-electron chi connectivity index (χ4n) is 0.978. The third kappa shape index (κ3) is 3.27. The summed E-state index contributed by atoms with van der Waals surface area (Å²) >= 11 is 0. The maximum Gasteiger partial charge on any atom is 0.129 e. The second-order valence-electron chi connectivity index (χ2n) is 4.57. The van der Waals surface area contributed by atoms with Gasteiger partial charge in [0.2, 0.25) is 0 Å². The highest BCUT2D eigenvalue weighted by Crippen LogP contribution is 2.12. The van der Waals surface area contributed by atoms with Gasteiger partial charge in [0.25, 0.3) is 0 Å². The molecule has 0 bridgehead atoms. The first-order valence-corrected chi connectivity index (χ1v) is 8.28. The molecule has 2 N–H and O–H groups in total. The van der Waals surface area contributed by atoms with E-state index >= 15 is 0 Å². The Morgan fingerprint density at radius 3 is 2.36 bits per heavy atom. The third-order valence-corrected chi connectivity index (χ3v) is 2.74. The zero-order valence-electron chi connectivity index (χ0n) is 9.31. The number of benzene rings is 1. The van der Waals surface area contributed by atoms with Crippen molar-refractivity contribution in [1.82, 2.24) is 0 Å². The van der Waals surface area contributed by atoms with E-state index in [1.807, 2.05) is 25.1 Å². The summed E-state index contributed by atoms with van der Waals surface area (Å²) in [6, 6.07) is 5.99. The van der Waals surface area contributed by atoms with Gasteiger partial charge < -0.3 is 5.73 Å². The lowest BCUT2D eigenvalue weighted by Gasteiger charge is -2.04. The minimum absolute atomic E-state index is 0.826. The fraction of sp³-hybridized carbons (Fsp3) is 0.333. The van der Waals surface area contributed by atoms with Crippen LogP contribution in [-0.4, -0.2) is 8.07 Å². The first-order chi connectivity index (χ1) is 6.38. The molecule has 0 aliphatic heterocycles. The summed E-state index contributed by atoms with van der Waals surface area (Å²) in [5, 5.41) is 0. The van der Waals surface area contributed by atoms with Crippen molar-refractivity contribution in [3.8, 4) is 11.5 Å². The highest BCUT2D eigenvalue weighted by molar-refractivity contribution is 6.83. The fourth-order valence-corrected chi connectivity index (χ4v) is 1.50. The van der Waals surface area contributed by atoms with Gasteiger partial charge in [-0.2, -0.15) is 0 Å². The van der Waals surface area contributed by atoms with E-state index in [0.29, 0.717) is 0 Å². The molecule has 0 radical (unpaired) electrons. The van der Waals surface area contributed by atoms with Crippen LogP contribution in [0.2, 0.25) is 19.6 Å². The Bertz CT molecular complexity index is 391. The van der Waals surface area contributed by atoms with E-state index in [2.05, 4.69) is 31.1 Å². The maximum atomic E-state index is 5.80. The Hall–Kier alpha value is -1.20. The van der Waals surface area contributed by atoms with E-state index in [9.17, 15) is 0 Å². The maximum absolute atomic E-state index is 5.80. The number of rotatable bonds is 0. The van der Waals surface area contributed by atoms with Crippen molar-refractivity contribution in [3.05, 3.63) is 29.3 Å². The normalized spacial score (nSPS) is 10.6. The molecule has 0 aliphatic rings. The molecular formula is C12H17NSi. The Kier molecular flexibility index (Phi) is 3.02. The highest BCUT2D eigenvalue weighted by atomic mass is 28.3. The topological polar surface area (TPSA) is 26.0 Å². The first-order valence-electron chi connectivity index (χ1n) is 4.78. The van der Waals surface area contributed by atoms with E-state index in [1.165, 1.54) is 0 Å². The van der Waals surface area contributed by atoms with E-state index in [4.69, 9.17) is 5.73 Å². The van der Waals surface area contributed by atoms with Gasteiger partial charge >= 0.3 is 0 Å². The van der Waals surface area contributed by atoms with E-state index < -0.39 is 8.07 Å². The van der Waals surface area contributed by atoms with Gasteiger partial charge in [0.05, 0.1) is 0 Å². The number of nitrogens with two attached hydrogens (primary N) is 1. The van der Waals surface area contributed by atoms with E-state index in [-0.39, 0.29) is 0 Å². The van der Waals surface area contributed by atoms with Crippen LogP contribution in [0.5, 0.6) is 0 Å². The molecule has 0 heterocycles. The van der Waals surface area contributed by atoms with Crippen molar-refractivity contribution in [2.24, 2.45) is 0 Å². The highest BCUT2D eigenvalue weighted by Gasteiger charge is 2.07. The van der Waals surface area contributed by atoms with Crippen molar-refractivity contribution in [2.75, 3.05) is 5.73 Å². The average molecular weight is 203 g/mol. The molecule has 1 aromatic rings. The van der Waals surface area contributed by atoms with Crippen LogP contribution < -0.4 is 5.73 Å². The Morgan fingerprint density at radius 2 is 1.86 bits per heavy atom. The molecule has 0 aromatic heterocycles. The second-order valence-corrected chi connectivity index (χ2v) is 9.32. The minimum atomic E-state index is -1.27. The third-order valence-electron chi connectivity index (χ3n) is 1.86. The SMILES string of the molecule is Cc1ccc(C#C[Si](C)(C)C)cc1N. The van der Waals surface area contributed by atoms with Gasteiger partial charge in [-0.05, 0) is 24.6 Å². The summed E-state index contributed by atoms with van der Waals surface area (Å²) in [7, 11) is -1.27. The monoisotopic (exact) mass is 203 g/mol. The molecule has 1 aromatic carbocycles. The summed E-state index contributed by atoms with van der Waals surface area (Å²) < 4.78 is 0. The lowest BCUT2D eigenvalue weighted by Crippen LogP contribution is -2.16. The van der Waals surface area contributed by atoms with Crippen LogP contribution in [0.1, 0.15) is 11.1 Å². The standard InChI is InChI=1S/C12H17NSi/c1-10-5-6-11(9-12(10)13)7-8-14(2,3)4/h5-6,9H,13H2,1-4H3. The smallest absolute Gasteiger partial charge is 0.129 e. The van der Waals surface area contributed by atoms with Gasteiger partial charge in [0.15, 0.2) is 0 Å². The predicted molar refractivity (Wildman–Crippen MR) is 65.8 cm³/mol. The lowest BCUT2D eigenvalue weighted by molar-refractivity contribution is 1.46. The average Bonchev–Trinajstić information content (AvgIpc) is 2.06. The number of nitrogen functional groups attached to an aromatic ring is 1. The summed E-state index contributed by atoms with van der Waals surface area (Å²) in [5.41, 5.74) is 12.1. The Balaban J connectivity index is 2.98. The van der Waals surface area contributed by atoms with Gasteiger partial charge in [0.1, 0.15) is 8.07 Å². The van der Waals surface area contributed by atoms with Gasteiger partial charge in [-0.1, -0.05) is 31.6 Å². The van der Waals surface area contributed by atoms with Gasteiger partial charge in [-0.25, -0.2) is 0 Å². The molecule has 0 saturated heterocycles. The first kappa shape index (κ1) is 10.9. The number of aryl methyl sites for hydroxylation is 1. The molecule has 14 heavy (non-hydrogen) atoms. The predicted octanol–water partition coefficient (Wildman–Crippen LogP) is 2.81. The molecular weight excluding hydrogens is 186 g/mol. The van der Waals surface area contributed by atoms with Crippen LogP contribution >= 0.6 is 0 Å². The van der Waals surface area contributed by atoms with Crippen LogP contribution in [0.4, 0.5) is 5.69 Å². The molecule has 0 atom stereocenters. The molecule has 0 spiro atoms. The van der Waals surface area contributed by atoms with Gasteiger partial charge in [-0.15, -0.1) is 5.54 Å². The Morgan fingerprint density at radius 1 is 1.21 bits per heavy atom. The number of anilines is 1. The summed E-state index contributed by atoms with van der Waals surface area (Å²) in [4.78, 5) is 0. The van der Waals surface area contributed by atoms with Gasteiger partial charge in [0, 0.05) is 11.3 Å². The minimum Gasteiger partial charge on any atom is -0.398 e. The largest absolute Gasteiger partial charge is 0.398 e.